The third-order valence-corrected chi connectivity index (χ3v) is 4.69. The van der Waals surface area contributed by atoms with Crippen molar-refractivity contribution in [3.8, 4) is 0 Å². The largest absolute Gasteiger partial charge is 0.459 e. The minimum absolute atomic E-state index is 0.122. The first-order valence-corrected chi connectivity index (χ1v) is 9.19. The van der Waals surface area contributed by atoms with Crippen LogP contribution in [0.15, 0.2) is 36.4 Å². The van der Waals surface area contributed by atoms with Crippen LogP contribution in [-0.4, -0.2) is 12.0 Å². The number of anilines is 1. The van der Waals surface area contributed by atoms with Gasteiger partial charge in [-0.05, 0) is 43.0 Å². The van der Waals surface area contributed by atoms with E-state index < -0.39 is 6.04 Å². The van der Waals surface area contributed by atoms with Crippen molar-refractivity contribution in [2.75, 3.05) is 5.32 Å². The Bertz CT molecular complexity index is 724. The fourth-order valence-electron chi connectivity index (χ4n) is 2.62. The summed E-state index contributed by atoms with van der Waals surface area (Å²) in [6.45, 7) is 6.13. The Morgan fingerprint density at radius 3 is 2.28 bits per heavy atom. The molecule has 1 N–H and O–H groups in total. The van der Waals surface area contributed by atoms with Gasteiger partial charge in [0.25, 0.3) is 0 Å². The summed E-state index contributed by atoms with van der Waals surface area (Å²) >= 11 is 12.0. The van der Waals surface area contributed by atoms with Gasteiger partial charge in [0, 0.05) is 21.3 Å². The number of ether oxygens (including phenoxy) is 1. The molecule has 0 bridgehead atoms. The monoisotopic (exact) mass is 379 g/mol. The molecule has 25 heavy (non-hydrogen) atoms. The Morgan fingerprint density at radius 2 is 1.72 bits per heavy atom. The van der Waals surface area contributed by atoms with Crippen LogP contribution in [0.2, 0.25) is 10.0 Å². The lowest BCUT2D eigenvalue weighted by Gasteiger charge is -2.20. The predicted molar refractivity (Wildman–Crippen MR) is 105 cm³/mol. The van der Waals surface area contributed by atoms with Gasteiger partial charge in [0.2, 0.25) is 0 Å². The van der Waals surface area contributed by atoms with E-state index in [4.69, 9.17) is 27.9 Å². The summed E-state index contributed by atoms with van der Waals surface area (Å²) in [5.74, 6) is -0.320. The number of halogens is 2. The highest BCUT2D eigenvalue weighted by atomic mass is 35.5. The Kier molecular flexibility index (Phi) is 7.15. The summed E-state index contributed by atoms with van der Waals surface area (Å²) in [7, 11) is 0. The standard InChI is InChI=1S/C20H23Cl2NO2/c1-4-14-7-6-8-15(5-2)19(14)23-13(3)20(24)25-12-16-9-10-17(21)11-18(16)22/h6-11,13,23H,4-5,12H2,1-3H3. The van der Waals surface area contributed by atoms with Gasteiger partial charge in [0.15, 0.2) is 0 Å². The average Bonchev–Trinajstić information content (AvgIpc) is 2.60. The van der Waals surface area contributed by atoms with Gasteiger partial charge in [-0.25, -0.2) is 4.79 Å². The van der Waals surface area contributed by atoms with E-state index in [9.17, 15) is 4.79 Å². The predicted octanol–water partition coefficient (Wildman–Crippen LogP) is 5.66. The van der Waals surface area contributed by atoms with Crippen molar-refractivity contribution in [1.29, 1.82) is 0 Å². The molecule has 0 saturated heterocycles. The molecule has 0 spiro atoms. The smallest absolute Gasteiger partial charge is 0.328 e. The molecule has 0 radical (unpaired) electrons. The Balaban J connectivity index is 2.03. The van der Waals surface area contributed by atoms with Crippen molar-refractivity contribution in [3.63, 3.8) is 0 Å². The molecule has 0 heterocycles. The molecular weight excluding hydrogens is 357 g/mol. The summed E-state index contributed by atoms with van der Waals surface area (Å²) in [6, 6.07) is 10.9. The van der Waals surface area contributed by atoms with E-state index in [1.807, 2.05) is 6.07 Å². The number of hydrogen-bond donors (Lipinski definition) is 1. The molecule has 3 nitrogen and oxygen atoms in total. The van der Waals surface area contributed by atoms with Crippen LogP contribution in [0.4, 0.5) is 5.69 Å². The highest BCUT2D eigenvalue weighted by molar-refractivity contribution is 6.35. The van der Waals surface area contributed by atoms with Gasteiger partial charge in [-0.2, -0.15) is 0 Å². The second-order valence-corrected chi connectivity index (χ2v) is 6.71. The van der Waals surface area contributed by atoms with E-state index in [1.54, 1.807) is 25.1 Å². The topological polar surface area (TPSA) is 38.3 Å². The third kappa shape index (κ3) is 5.13. The van der Waals surface area contributed by atoms with Gasteiger partial charge < -0.3 is 10.1 Å². The summed E-state index contributed by atoms with van der Waals surface area (Å²) < 4.78 is 5.40. The molecule has 2 aromatic rings. The van der Waals surface area contributed by atoms with E-state index in [2.05, 4.69) is 31.3 Å². The number of benzene rings is 2. The molecule has 1 atom stereocenters. The second-order valence-electron chi connectivity index (χ2n) is 5.87. The highest BCUT2D eigenvalue weighted by Gasteiger charge is 2.17. The quantitative estimate of drug-likeness (QED) is 0.630. The molecule has 0 aliphatic carbocycles. The zero-order valence-electron chi connectivity index (χ0n) is 14.7. The molecular formula is C20H23Cl2NO2. The molecule has 2 rings (SSSR count). The van der Waals surface area contributed by atoms with Crippen LogP contribution in [-0.2, 0) is 29.0 Å². The van der Waals surface area contributed by atoms with Crippen molar-refractivity contribution in [1.82, 2.24) is 0 Å². The Morgan fingerprint density at radius 1 is 1.08 bits per heavy atom. The van der Waals surface area contributed by atoms with E-state index in [-0.39, 0.29) is 12.6 Å². The van der Waals surface area contributed by atoms with Crippen LogP contribution in [0.3, 0.4) is 0 Å². The average molecular weight is 380 g/mol. The zero-order valence-corrected chi connectivity index (χ0v) is 16.2. The lowest BCUT2D eigenvalue weighted by Crippen LogP contribution is -2.29. The maximum atomic E-state index is 12.3. The van der Waals surface area contributed by atoms with E-state index in [0.29, 0.717) is 10.0 Å². The van der Waals surface area contributed by atoms with Gasteiger partial charge >= 0.3 is 5.97 Å². The van der Waals surface area contributed by atoms with Gasteiger partial charge in [0.1, 0.15) is 12.6 Å². The van der Waals surface area contributed by atoms with Crippen LogP contribution < -0.4 is 5.32 Å². The molecule has 0 fully saturated rings. The summed E-state index contributed by atoms with van der Waals surface area (Å²) in [5.41, 5.74) is 4.15. The molecule has 0 aliphatic heterocycles. The number of rotatable bonds is 7. The Labute approximate surface area is 159 Å². The van der Waals surface area contributed by atoms with Gasteiger partial charge in [-0.3, -0.25) is 0 Å². The van der Waals surface area contributed by atoms with Crippen LogP contribution in [0.5, 0.6) is 0 Å². The molecule has 134 valence electrons. The first kappa shape index (κ1) is 19.6. The normalized spacial score (nSPS) is 11.9. The molecule has 5 heteroatoms. The molecule has 0 amide bonds. The SMILES string of the molecule is CCc1cccc(CC)c1NC(C)C(=O)OCc1ccc(Cl)cc1Cl. The molecule has 2 aromatic carbocycles. The van der Waals surface area contributed by atoms with Crippen LogP contribution >= 0.6 is 23.2 Å². The van der Waals surface area contributed by atoms with Gasteiger partial charge in [0.05, 0.1) is 0 Å². The number of carbonyl (C=O) groups excluding carboxylic acids is 1. The third-order valence-electron chi connectivity index (χ3n) is 4.10. The minimum Gasteiger partial charge on any atom is -0.459 e. The number of nitrogens with one attached hydrogen (secondary N) is 1. The van der Waals surface area contributed by atoms with Crippen LogP contribution in [0.25, 0.3) is 0 Å². The van der Waals surface area contributed by atoms with Crippen molar-refractivity contribution >= 4 is 34.9 Å². The fourth-order valence-corrected chi connectivity index (χ4v) is 3.08. The van der Waals surface area contributed by atoms with Crippen molar-refractivity contribution in [2.24, 2.45) is 0 Å². The van der Waals surface area contributed by atoms with Crippen LogP contribution in [0.1, 0.15) is 37.5 Å². The van der Waals surface area contributed by atoms with Gasteiger partial charge in [-0.1, -0.05) is 61.3 Å². The maximum absolute atomic E-state index is 12.3. The molecule has 1 unspecified atom stereocenters. The van der Waals surface area contributed by atoms with Gasteiger partial charge in [-0.15, -0.1) is 0 Å². The highest BCUT2D eigenvalue weighted by Crippen LogP contribution is 2.24. The zero-order chi connectivity index (χ0) is 18.4. The molecule has 0 aromatic heterocycles. The molecule has 0 saturated carbocycles. The van der Waals surface area contributed by atoms with Crippen molar-refractivity contribution in [2.45, 2.75) is 46.3 Å². The summed E-state index contributed by atoms with van der Waals surface area (Å²) in [6.07, 6.45) is 1.80. The van der Waals surface area contributed by atoms with E-state index in [0.717, 1.165) is 24.1 Å². The van der Waals surface area contributed by atoms with Crippen molar-refractivity contribution < 1.29 is 9.53 Å². The number of hydrogen-bond acceptors (Lipinski definition) is 3. The summed E-state index contributed by atoms with van der Waals surface area (Å²) in [4.78, 5) is 12.3. The lowest BCUT2D eigenvalue weighted by atomic mass is 10.0. The van der Waals surface area contributed by atoms with E-state index >= 15 is 0 Å². The minimum atomic E-state index is -0.455. The first-order chi connectivity index (χ1) is 12.0. The number of aryl methyl sites for hydroxylation is 2. The number of esters is 1. The van der Waals surface area contributed by atoms with E-state index in [1.165, 1.54) is 11.1 Å². The second kappa shape index (κ2) is 9.12. The number of carbonyl (C=O) groups is 1. The van der Waals surface area contributed by atoms with Crippen molar-refractivity contribution in [3.05, 3.63) is 63.1 Å². The fraction of sp³-hybridized carbons (Fsp3) is 0.350. The first-order valence-electron chi connectivity index (χ1n) is 8.44. The lowest BCUT2D eigenvalue weighted by molar-refractivity contribution is -0.145. The maximum Gasteiger partial charge on any atom is 0.328 e. The number of para-hydroxylation sites is 1. The molecule has 0 aliphatic rings. The Hall–Kier alpha value is -1.71. The summed E-state index contributed by atoms with van der Waals surface area (Å²) in [5, 5.41) is 4.36. The van der Waals surface area contributed by atoms with Crippen LogP contribution in [0, 0.1) is 0 Å².